The zero-order valence-corrected chi connectivity index (χ0v) is 19.1. The van der Waals surface area contributed by atoms with Gasteiger partial charge in [0, 0.05) is 23.9 Å². The molecule has 9 heteroatoms. The molecule has 0 spiro atoms. The SMILES string of the molecule is CCOc1ccc(NC(=O)CN(C)C(C)C(=O)Nc2ccnn2C(C)C)cc1OCC. The normalized spacial score (nSPS) is 12.0. The minimum absolute atomic E-state index is 0.0508. The Balaban J connectivity index is 1.96. The number of nitrogens with zero attached hydrogens (tertiary/aromatic N) is 3. The third-order valence-corrected chi connectivity index (χ3v) is 4.67. The van der Waals surface area contributed by atoms with Crippen molar-refractivity contribution in [3.63, 3.8) is 0 Å². The Bertz CT molecular complexity index is 881. The molecule has 1 aromatic carbocycles. The lowest BCUT2D eigenvalue weighted by atomic mass is 10.2. The summed E-state index contributed by atoms with van der Waals surface area (Å²) >= 11 is 0. The Morgan fingerprint density at radius 2 is 1.74 bits per heavy atom. The molecule has 1 heterocycles. The fraction of sp³-hybridized carbons (Fsp3) is 0.500. The molecular formula is C22H33N5O4. The van der Waals surface area contributed by atoms with E-state index < -0.39 is 6.04 Å². The van der Waals surface area contributed by atoms with Crippen LogP contribution in [0.2, 0.25) is 0 Å². The smallest absolute Gasteiger partial charge is 0.242 e. The van der Waals surface area contributed by atoms with E-state index >= 15 is 0 Å². The van der Waals surface area contributed by atoms with Crippen molar-refractivity contribution in [1.82, 2.24) is 14.7 Å². The van der Waals surface area contributed by atoms with Crippen LogP contribution in [0.4, 0.5) is 11.5 Å². The van der Waals surface area contributed by atoms with E-state index in [9.17, 15) is 9.59 Å². The molecule has 0 aliphatic carbocycles. The van der Waals surface area contributed by atoms with E-state index in [1.54, 1.807) is 54.0 Å². The third-order valence-electron chi connectivity index (χ3n) is 4.67. The van der Waals surface area contributed by atoms with Gasteiger partial charge in [-0.2, -0.15) is 5.10 Å². The minimum atomic E-state index is -0.513. The van der Waals surface area contributed by atoms with Crippen LogP contribution in [-0.2, 0) is 9.59 Å². The molecule has 2 aromatic rings. The third kappa shape index (κ3) is 6.71. The molecule has 2 rings (SSSR count). The van der Waals surface area contributed by atoms with E-state index in [4.69, 9.17) is 9.47 Å². The van der Waals surface area contributed by atoms with E-state index in [-0.39, 0.29) is 24.4 Å². The summed E-state index contributed by atoms with van der Waals surface area (Å²) in [5, 5.41) is 9.93. The van der Waals surface area contributed by atoms with Crippen LogP contribution >= 0.6 is 0 Å². The average Bonchev–Trinajstić information content (AvgIpc) is 3.18. The van der Waals surface area contributed by atoms with Gasteiger partial charge >= 0.3 is 0 Å². The monoisotopic (exact) mass is 431 g/mol. The molecule has 0 saturated carbocycles. The summed E-state index contributed by atoms with van der Waals surface area (Å²) in [4.78, 5) is 26.8. The van der Waals surface area contributed by atoms with E-state index in [1.165, 1.54) is 0 Å². The molecule has 0 radical (unpaired) electrons. The zero-order chi connectivity index (χ0) is 23.0. The first-order valence-corrected chi connectivity index (χ1v) is 10.5. The number of carbonyl (C=O) groups is 2. The van der Waals surface area contributed by atoms with Gasteiger partial charge in [0.2, 0.25) is 11.8 Å². The van der Waals surface area contributed by atoms with Gasteiger partial charge in [-0.15, -0.1) is 0 Å². The van der Waals surface area contributed by atoms with Crippen LogP contribution in [0.1, 0.15) is 40.7 Å². The number of benzene rings is 1. The first-order chi connectivity index (χ1) is 14.8. The number of hydrogen-bond acceptors (Lipinski definition) is 6. The molecule has 2 N–H and O–H groups in total. The topological polar surface area (TPSA) is 97.7 Å². The summed E-state index contributed by atoms with van der Waals surface area (Å²) in [5.74, 6) is 1.39. The van der Waals surface area contributed by atoms with Crippen molar-refractivity contribution in [2.75, 3.05) is 37.4 Å². The maximum absolute atomic E-state index is 12.6. The molecular weight excluding hydrogens is 398 g/mol. The average molecular weight is 432 g/mol. The van der Waals surface area contributed by atoms with Gasteiger partial charge in [-0.1, -0.05) is 0 Å². The summed E-state index contributed by atoms with van der Waals surface area (Å²) in [5.41, 5.74) is 0.600. The molecule has 1 aromatic heterocycles. The lowest BCUT2D eigenvalue weighted by molar-refractivity contribution is -0.122. The Morgan fingerprint density at radius 3 is 2.39 bits per heavy atom. The highest BCUT2D eigenvalue weighted by Crippen LogP contribution is 2.30. The highest BCUT2D eigenvalue weighted by molar-refractivity contribution is 5.95. The highest BCUT2D eigenvalue weighted by Gasteiger charge is 2.22. The van der Waals surface area contributed by atoms with Crippen LogP contribution in [0, 0.1) is 0 Å². The molecule has 170 valence electrons. The predicted octanol–water partition coefficient (Wildman–Crippen LogP) is 3.16. The van der Waals surface area contributed by atoms with E-state index in [2.05, 4.69) is 15.7 Å². The van der Waals surface area contributed by atoms with Gasteiger partial charge in [0.1, 0.15) is 5.82 Å². The van der Waals surface area contributed by atoms with Crippen molar-refractivity contribution in [3.05, 3.63) is 30.5 Å². The van der Waals surface area contributed by atoms with Crippen LogP contribution in [-0.4, -0.2) is 59.3 Å². The molecule has 2 amide bonds. The van der Waals surface area contributed by atoms with Crippen molar-refractivity contribution < 1.29 is 19.1 Å². The summed E-state index contributed by atoms with van der Waals surface area (Å²) in [6.07, 6.45) is 1.64. The quantitative estimate of drug-likeness (QED) is 0.567. The van der Waals surface area contributed by atoms with Crippen LogP contribution < -0.4 is 20.1 Å². The summed E-state index contributed by atoms with van der Waals surface area (Å²) < 4.78 is 12.9. The highest BCUT2D eigenvalue weighted by atomic mass is 16.5. The molecule has 0 fully saturated rings. The number of amides is 2. The summed E-state index contributed by atoms with van der Waals surface area (Å²) in [7, 11) is 1.73. The number of ether oxygens (including phenoxy) is 2. The number of aromatic nitrogens is 2. The molecule has 0 aliphatic rings. The second kappa shape index (κ2) is 11.4. The Kier molecular flexibility index (Phi) is 8.87. The van der Waals surface area contributed by atoms with Crippen LogP contribution in [0.3, 0.4) is 0 Å². The number of carbonyl (C=O) groups excluding carboxylic acids is 2. The minimum Gasteiger partial charge on any atom is -0.490 e. The fourth-order valence-electron chi connectivity index (χ4n) is 2.95. The van der Waals surface area contributed by atoms with Gasteiger partial charge in [0.25, 0.3) is 0 Å². The fourth-order valence-corrected chi connectivity index (χ4v) is 2.95. The molecule has 9 nitrogen and oxygen atoms in total. The van der Waals surface area contributed by atoms with Crippen molar-refractivity contribution in [2.45, 2.75) is 46.7 Å². The maximum Gasteiger partial charge on any atom is 0.242 e. The van der Waals surface area contributed by atoms with Gasteiger partial charge in [0.05, 0.1) is 32.0 Å². The molecule has 0 bridgehead atoms. The standard InChI is InChI=1S/C22H33N5O4/c1-7-30-18-10-9-17(13-19(18)31-8-2)24-21(28)14-26(6)16(5)22(29)25-20-11-12-23-27(20)15(3)4/h9-13,15-16H,7-8,14H2,1-6H3,(H,24,28)(H,25,29). The van der Waals surface area contributed by atoms with Crippen molar-refractivity contribution >= 4 is 23.3 Å². The van der Waals surface area contributed by atoms with E-state index in [1.807, 2.05) is 27.7 Å². The first-order valence-electron chi connectivity index (χ1n) is 10.5. The summed E-state index contributed by atoms with van der Waals surface area (Å²) in [6, 6.07) is 6.62. The Hall–Kier alpha value is -3.07. The zero-order valence-electron chi connectivity index (χ0n) is 19.1. The second-order valence-electron chi connectivity index (χ2n) is 7.41. The number of anilines is 2. The Morgan fingerprint density at radius 1 is 1.06 bits per heavy atom. The lowest BCUT2D eigenvalue weighted by Gasteiger charge is -2.23. The second-order valence-corrected chi connectivity index (χ2v) is 7.41. The van der Waals surface area contributed by atoms with Gasteiger partial charge < -0.3 is 20.1 Å². The number of nitrogens with one attached hydrogen (secondary N) is 2. The number of rotatable bonds is 11. The number of hydrogen-bond donors (Lipinski definition) is 2. The van der Waals surface area contributed by atoms with Crippen molar-refractivity contribution in [1.29, 1.82) is 0 Å². The van der Waals surface area contributed by atoms with Gasteiger partial charge in [0.15, 0.2) is 11.5 Å². The molecule has 1 unspecified atom stereocenters. The Labute approximate surface area is 183 Å². The molecule has 31 heavy (non-hydrogen) atoms. The van der Waals surface area contributed by atoms with E-state index in [0.717, 1.165) is 0 Å². The molecule has 0 aliphatic heterocycles. The van der Waals surface area contributed by atoms with Crippen LogP contribution in [0.25, 0.3) is 0 Å². The van der Waals surface area contributed by atoms with E-state index in [0.29, 0.717) is 36.2 Å². The van der Waals surface area contributed by atoms with Gasteiger partial charge in [-0.3, -0.25) is 14.5 Å². The first kappa shape index (κ1) is 24.2. The lowest BCUT2D eigenvalue weighted by Crippen LogP contribution is -2.43. The van der Waals surface area contributed by atoms with Gasteiger partial charge in [-0.25, -0.2) is 4.68 Å². The van der Waals surface area contributed by atoms with Crippen LogP contribution in [0.15, 0.2) is 30.5 Å². The van der Waals surface area contributed by atoms with Gasteiger partial charge in [-0.05, 0) is 53.8 Å². The maximum atomic E-state index is 12.6. The van der Waals surface area contributed by atoms with Crippen molar-refractivity contribution in [3.8, 4) is 11.5 Å². The number of likely N-dealkylation sites (N-methyl/N-ethyl adjacent to an activating group) is 1. The largest absolute Gasteiger partial charge is 0.490 e. The molecule has 1 atom stereocenters. The predicted molar refractivity (Wildman–Crippen MR) is 121 cm³/mol. The molecule has 0 saturated heterocycles. The summed E-state index contributed by atoms with van der Waals surface area (Å²) in [6.45, 7) is 10.6. The van der Waals surface area contributed by atoms with Crippen LogP contribution in [0.5, 0.6) is 11.5 Å². The van der Waals surface area contributed by atoms with Crippen molar-refractivity contribution in [2.24, 2.45) is 0 Å².